The largest absolute Gasteiger partial charge is 0.458 e. The zero-order chi connectivity index (χ0) is 27.6. The molecule has 39 heavy (non-hydrogen) atoms. The number of amides is 1. The summed E-state index contributed by atoms with van der Waals surface area (Å²) >= 11 is 0. The number of piperazine rings is 1. The van der Waals surface area contributed by atoms with Crippen LogP contribution in [0, 0.1) is 0 Å². The molecule has 1 saturated heterocycles. The van der Waals surface area contributed by atoms with E-state index in [0.717, 1.165) is 16.5 Å². The first-order valence-corrected chi connectivity index (χ1v) is 13.5. The predicted octanol–water partition coefficient (Wildman–Crippen LogP) is 2.82. The highest BCUT2D eigenvalue weighted by Crippen LogP contribution is 2.40. The van der Waals surface area contributed by atoms with Gasteiger partial charge < -0.3 is 29.4 Å². The molecule has 0 spiro atoms. The molecule has 2 unspecified atom stereocenters. The van der Waals surface area contributed by atoms with Crippen molar-refractivity contribution >= 4 is 23.0 Å². The Labute approximate surface area is 225 Å². The maximum atomic E-state index is 13.5. The van der Waals surface area contributed by atoms with E-state index in [0.29, 0.717) is 59.8 Å². The number of hydrogen-bond acceptors (Lipinski definition) is 8. The first kappa shape index (κ1) is 25.5. The molecule has 1 amide bonds. The number of carbonyl (C=O) groups excluding carboxylic acids is 2. The van der Waals surface area contributed by atoms with Crippen LogP contribution in [0.1, 0.15) is 56.4 Å². The van der Waals surface area contributed by atoms with E-state index in [1.807, 2.05) is 32.9 Å². The van der Waals surface area contributed by atoms with E-state index < -0.39 is 11.6 Å². The van der Waals surface area contributed by atoms with Crippen LogP contribution in [0.3, 0.4) is 0 Å². The lowest BCUT2D eigenvalue weighted by Crippen LogP contribution is -2.56. The summed E-state index contributed by atoms with van der Waals surface area (Å²) in [6.07, 6.45) is 0.383. The topological polar surface area (TPSA) is 123 Å². The van der Waals surface area contributed by atoms with Crippen molar-refractivity contribution < 1.29 is 24.2 Å². The Bertz CT molecular complexity index is 1590. The summed E-state index contributed by atoms with van der Waals surface area (Å²) in [6, 6.07) is 7.48. The van der Waals surface area contributed by atoms with E-state index in [9.17, 15) is 19.5 Å². The Morgan fingerprint density at radius 1 is 1.18 bits per heavy atom. The van der Waals surface area contributed by atoms with Gasteiger partial charge in [0.15, 0.2) is 5.60 Å². The number of nitrogens with zero attached hydrogens (tertiary/aromatic N) is 3. The van der Waals surface area contributed by atoms with Gasteiger partial charge in [-0.05, 0) is 56.5 Å². The number of nitrogens with one attached hydrogen (secondary N) is 1. The summed E-state index contributed by atoms with van der Waals surface area (Å²) in [4.78, 5) is 45.5. The van der Waals surface area contributed by atoms with Crippen LogP contribution < -0.4 is 15.6 Å². The highest BCUT2D eigenvalue weighted by Gasteiger charge is 2.45. The van der Waals surface area contributed by atoms with Crippen molar-refractivity contribution in [2.24, 2.45) is 0 Å². The molecule has 1 fully saturated rings. The van der Waals surface area contributed by atoms with Crippen molar-refractivity contribution in [1.29, 1.82) is 0 Å². The molecular weight excluding hydrogens is 500 g/mol. The van der Waals surface area contributed by atoms with Crippen molar-refractivity contribution in [3.8, 4) is 17.1 Å². The third kappa shape index (κ3) is 3.92. The van der Waals surface area contributed by atoms with E-state index in [2.05, 4.69) is 5.32 Å². The van der Waals surface area contributed by atoms with Crippen LogP contribution in [0.5, 0.6) is 5.75 Å². The molecular formula is C29H32N4O6. The van der Waals surface area contributed by atoms with Crippen LogP contribution in [0.4, 0.5) is 4.79 Å². The van der Waals surface area contributed by atoms with Crippen LogP contribution in [0.15, 0.2) is 29.1 Å². The molecule has 204 valence electrons. The van der Waals surface area contributed by atoms with Gasteiger partial charge in [-0.25, -0.2) is 14.6 Å². The van der Waals surface area contributed by atoms with Gasteiger partial charge in [-0.1, -0.05) is 13.8 Å². The molecule has 3 aromatic rings. The van der Waals surface area contributed by atoms with E-state index in [1.54, 1.807) is 28.5 Å². The average Bonchev–Trinajstić information content (AvgIpc) is 3.27. The lowest BCUT2D eigenvalue weighted by Gasteiger charge is -2.35. The maximum Gasteiger partial charge on any atom is 0.415 e. The maximum absolute atomic E-state index is 13.5. The second kappa shape index (κ2) is 9.17. The lowest BCUT2D eigenvalue weighted by molar-refractivity contribution is -0.172. The minimum Gasteiger partial charge on any atom is -0.458 e. The zero-order valence-corrected chi connectivity index (χ0v) is 22.5. The van der Waals surface area contributed by atoms with Crippen molar-refractivity contribution in [2.45, 2.75) is 71.4 Å². The normalized spacial score (nSPS) is 23.7. The summed E-state index contributed by atoms with van der Waals surface area (Å²) in [7, 11) is 0. The predicted molar refractivity (Wildman–Crippen MR) is 144 cm³/mol. The molecule has 0 bridgehead atoms. The van der Waals surface area contributed by atoms with Crippen molar-refractivity contribution in [3.63, 3.8) is 0 Å². The summed E-state index contributed by atoms with van der Waals surface area (Å²) in [5.74, 6) is -0.304. The van der Waals surface area contributed by atoms with Gasteiger partial charge in [-0.3, -0.25) is 4.79 Å². The number of fused-ring (bicyclic) bond motifs is 5. The van der Waals surface area contributed by atoms with Gasteiger partial charge >= 0.3 is 12.1 Å². The molecule has 2 N–H and O–H groups in total. The molecule has 1 aromatic carbocycles. The van der Waals surface area contributed by atoms with E-state index in [-0.39, 0.29) is 36.8 Å². The molecule has 3 aliphatic rings. The Balaban J connectivity index is 1.41. The standard InChI is InChI=1S/C29H32N4O6/c1-5-18-19-9-17(39-28(36)32-11-15(3)30-16(4)12-32)7-8-23(19)31-25-20(18)13-33-24(25)10-22-21(26(33)34)14-38-27(35)29(22,37)6-2/h7-10,15-16,30,37H,5-6,11-14H2,1-4H3/t15?,16?,29-/m0/s1. The van der Waals surface area contributed by atoms with E-state index in [1.165, 1.54) is 0 Å². The van der Waals surface area contributed by atoms with E-state index >= 15 is 0 Å². The Morgan fingerprint density at radius 2 is 1.92 bits per heavy atom. The van der Waals surface area contributed by atoms with Crippen molar-refractivity contribution in [2.75, 3.05) is 13.1 Å². The van der Waals surface area contributed by atoms with Crippen LogP contribution in [0.25, 0.3) is 22.3 Å². The van der Waals surface area contributed by atoms with Gasteiger partial charge in [0.2, 0.25) is 0 Å². The minimum absolute atomic E-state index is 0.0905. The Hall–Kier alpha value is -3.76. The van der Waals surface area contributed by atoms with Gasteiger partial charge in [0.1, 0.15) is 12.4 Å². The first-order chi connectivity index (χ1) is 18.6. The average molecular weight is 533 g/mol. The summed E-state index contributed by atoms with van der Waals surface area (Å²) in [5, 5.41) is 15.4. The highest BCUT2D eigenvalue weighted by molar-refractivity contribution is 5.90. The highest BCUT2D eigenvalue weighted by atomic mass is 16.6. The number of hydrogen-bond donors (Lipinski definition) is 2. The van der Waals surface area contributed by atoms with Crippen LogP contribution in [-0.4, -0.2) is 56.8 Å². The van der Waals surface area contributed by atoms with Gasteiger partial charge in [0.25, 0.3) is 5.56 Å². The first-order valence-electron chi connectivity index (χ1n) is 13.5. The van der Waals surface area contributed by atoms with E-state index in [4.69, 9.17) is 14.5 Å². The third-order valence-corrected chi connectivity index (χ3v) is 8.15. The number of carbonyl (C=O) groups is 2. The molecule has 10 heteroatoms. The molecule has 3 atom stereocenters. The van der Waals surface area contributed by atoms with Gasteiger partial charge in [0, 0.05) is 41.7 Å². The van der Waals surface area contributed by atoms with Crippen LogP contribution in [0.2, 0.25) is 0 Å². The molecule has 0 saturated carbocycles. The Morgan fingerprint density at radius 3 is 2.62 bits per heavy atom. The number of rotatable bonds is 3. The fourth-order valence-electron chi connectivity index (χ4n) is 6.25. The SMILES string of the molecule is CCc1c2c(nc3ccc(OC(=O)N4CC(C)NC(C)C4)cc13)-c1cc3c(c(=O)n1C2)COC(=O)[C@]3(O)CC. The number of pyridine rings is 2. The number of aromatic nitrogens is 2. The fourth-order valence-corrected chi connectivity index (χ4v) is 6.25. The number of esters is 1. The molecule has 5 heterocycles. The zero-order valence-electron chi connectivity index (χ0n) is 22.5. The number of aryl methyl sites for hydroxylation is 1. The molecule has 3 aliphatic heterocycles. The molecule has 10 nitrogen and oxygen atoms in total. The second-order valence-corrected chi connectivity index (χ2v) is 10.8. The molecule has 2 aromatic heterocycles. The number of cyclic esters (lactones) is 1. The fraction of sp³-hybridized carbons (Fsp3) is 0.448. The number of benzene rings is 1. The number of aliphatic hydroxyl groups is 1. The summed E-state index contributed by atoms with van der Waals surface area (Å²) < 4.78 is 12.6. The summed E-state index contributed by atoms with van der Waals surface area (Å²) in [5.41, 5.74) is 2.29. The van der Waals surface area contributed by atoms with Crippen LogP contribution >= 0.6 is 0 Å². The molecule has 6 rings (SSSR count). The summed E-state index contributed by atoms with van der Waals surface area (Å²) in [6.45, 7) is 9.11. The lowest BCUT2D eigenvalue weighted by atomic mass is 9.86. The van der Waals surface area contributed by atoms with Gasteiger partial charge in [0.05, 0.1) is 29.0 Å². The van der Waals surface area contributed by atoms with Gasteiger partial charge in [-0.15, -0.1) is 0 Å². The minimum atomic E-state index is -1.87. The van der Waals surface area contributed by atoms with Crippen molar-refractivity contribution in [1.82, 2.24) is 19.8 Å². The van der Waals surface area contributed by atoms with Crippen molar-refractivity contribution in [3.05, 3.63) is 56.9 Å². The molecule has 0 radical (unpaired) electrons. The Kier molecular flexibility index (Phi) is 6.00. The van der Waals surface area contributed by atoms with Gasteiger partial charge in [-0.2, -0.15) is 0 Å². The molecule has 0 aliphatic carbocycles. The monoisotopic (exact) mass is 532 g/mol. The number of ether oxygens (including phenoxy) is 2. The third-order valence-electron chi connectivity index (χ3n) is 8.15. The van der Waals surface area contributed by atoms with Crippen LogP contribution in [-0.2, 0) is 34.7 Å². The smallest absolute Gasteiger partial charge is 0.415 e. The second-order valence-electron chi connectivity index (χ2n) is 10.8. The quantitative estimate of drug-likeness (QED) is 0.386.